The molecule has 1 atom stereocenters. The van der Waals surface area contributed by atoms with Crippen LogP contribution in [0.15, 0.2) is 24.3 Å². The lowest BCUT2D eigenvalue weighted by atomic mass is 10.0. The molecule has 2 nitrogen and oxygen atoms in total. The molecule has 0 bridgehead atoms. The fourth-order valence-electron chi connectivity index (χ4n) is 2.65. The topological polar surface area (TPSA) is 15.3 Å². The second-order valence-corrected chi connectivity index (χ2v) is 5.52. The maximum absolute atomic E-state index is 12.8. The molecule has 1 aromatic carbocycles. The normalized spacial score (nSPS) is 21.4. The molecule has 0 amide bonds. The first kappa shape index (κ1) is 13.5. The number of nitrogens with zero attached hydrogens (tertiary/aromatic N) is 1. The van der Waals surface area contributed by atoms with E-state index in [1.807, 2.05) is 12.1 Å². The molecule has 18 heavy (non-hydrogen) atoms. The summed E-state index contributed by atoms with van der Waals surface area (Å²) in [6, 6.07) is 8.00. The molecule has 0 aromatic heterocycles. The molecule has 1 unspecified atom stereocenters. The maximum atomic E-state index is 12.8. The Labute approximate surface area is 109 Å². The third-order valence-corrected chi connectivity index (χ3v) is 3.39. The third kappa shape index (κ3) is 4.07. The number of hydrogen-bond acceptors (Lipinski definition) is 2. The van der Waals surface area contributed by atoms with Gasteiger partial charge in [0.05, 0.1) is 0 Å². The van der Waals surface area contributed by atoms with Crippen LogP contribution in [0.4, 0.5) is 4.39 Å². The fraction of sp³-hybridized carbons (Fsp3) is 0.600. The fourth-order valence-corrected chi connectivity index (χ4v) is 2.65. The smallest absolute Gasteiger partial charge is 0.123 e. The zero-order chi connectivity index (χ0) is 13.0. The van der Waals surface area contributed by atoms with Gasteiger partial charge in [-0.3, -0.25) is 4.90 Å². The Morgan fingerprint density at radius 1 is 1.33 bits per heavy atom. The van der Waals surface area contributed by atoms with Gasteiger partial charge in [-0.05, 0) is 37.1 Å². The Balaban J connectivity index is 1.87. The molecule has 3 heteroatoms. The third-order valence-electron chi connectivity index (χ3n) is 3.39. The molecular weight excluding hydrogens is 227 g/mol. The van der Waals surface area contributed by atoms with Gasteiger partial charge in [-0.2, -0.15) is 0 Å². The van der Waals surface area contributed by atoms with Crippen LogP contribution in [-0.2, 0) is 6.54 Å². The van der Waals surface area contributed by atoms with Gasteiger partial charge < -0.3 is 5.32 Å². The van der Waals surface area contributed by atoms with Crippen molar-refractivity contribution in [2.24, 2.45) is 0 Å². The van der Waals surface area contributed by atoms with Crippen molar-refractivity contribution < 1.29 is 4.39 Å². The van der Waals surface area contributed by atoms with Crippen LogP contribution in [0.25, 0.3) is 0 Å². The summed E-state index contributed by atoms with van der Waals surface area (Å²) in [5.41, 5.74) is 1.20. The Hall–Kier alpha value is -0.930. The van der Waals surface area contributed by atoms with E-state index in [1.54, 1.807) is 12.1 Å². The van der Waals surface area contributed by atoms with Crippen LogP contribution in [-0.4, -0.2) is 30.1 Å². The number of nitrogens with one attached hydrogen (secondary N) is 1. The molecular formula is C15H23FN2. The van der Waals surface area contributed by atoms with E-state index in [0.29, 0.717) is 12.1 Å². The second kappa shape index (κ2) is 6.30. The molecule has 1 saturated heterocycles. The maximum Gasteiger partial charge on any atom is 0.123 e. The average Bonchev–Trinajstić information content (AvgIpc) is 2.32. The van der Waals surface area contributed by atoms with Gasteiger partial charge in [0.2, 0.25) is 0 Å². The van der Waals surface area contributed by atoms with Gasteiger partial charge in [-0.25, -0.2) is 4.39 Å². The summed E-state index contributed by atoms with van der Waals surface area (Å²) in [4.78, 5) is 2.46. The molecule has 100 valence electrons. The standard InChI is InChI=1S/C15H23FN2/c1-12(2)17-15-4-3-9-18(11-15)10-13-5-7-14(16)8-6-13/h5-8,12,15,17H,3-4,9-11H2,1-2H3. The molecule has 0 spiro atoms. The Morgan fingerprint density at radius 2 is 2.06 bits per heavy atom. The Bertz CT molecular complexity index is 361. The summed E-state index contributed by atoms with van der Waals surface area (Å²) >= 11 is 0. The summed E-state index contributed by atoms with van der Waals surface area (Å²) in [5.74, 6) is -0.156. The monoisotopic (exact) mass is 250 g/mol. The van der Waals surface area contributed by atoms with Gasteiger partial charge in [0.1, 0.15) is 5.82 Å². The summed E-state index contributed by atoms with van der Waals surface area (Å²) < 4.78 is 12.8. The van der Waals surface area contributed by atoms with Crippen LogP contribution in [0.1, 0.15) is 32.3 Å². The molecule has 1 fully saturated rings. The number of halogens is 1. The predicted molar refractivity (Wildman–Crippen MR) is 73.0 cm³/mol. The number of benzene rings is 1. The van der Waals surface area contributed by atoms with Crippen molar-refractivity contribution in [1.82, 2.24) is 10.2 Å². The van der Waals surface area contributed by atoms with E-state index in [2.05, 4.69) is 24.1 Å². The molecule has 1 N–H and O–H groups in total. The van der Waals surface area contributed by atoms with Crippen molar-refractivity contribution in [3.05, 3.63) is 35.6 Å². The first-order chi connectivity index (χ1) is 8.63. The van der Waals surface area contributed by atoms with Crippen LogP contribution in [0.5, 0.6) is 0 Å². The summed E-state index contributed by atoms with van der Waals surface area (Å²) in [7, 11) is 0. The first-order valence-corrected chi connectivity index (χ1v) is 6.86. The molecule has 1 aliphatic rings. The highest BCUT2D eigenvalue weighted by Gasteiger charge is 2.19. The molecule has 0 radical (unpaired) electrons. The van der Waals surface area contributed by atoms with Crippen LogP contribution >= 0.6 is 0 Å². The molecule has 1 heterocycles. The van der Waals surface area contributed by atoms with E-state index < -0.39 is 0 Å². The van der Waals surface area contributed by atoms with Crippen LogP contribution in [0, 0.1) is 5.82 Å². The van der Waals surface area contributed by atoms with Gasteiger partial charge in [0, 0.05) is 25.2 Å². The average molecular weight is 250 g/mol. The zero-order valence-corrected chi connectivity index (χ0v) is 11.3. The summed E-state index contributed by atoms with van der Waals surface area (Å²) in [5, 5.41) is 3.60. The SMILES string of the molecule is CC(C)NC1CCCN(Cc2ccc(F)cc2)C1. The molecule has 2 rings (SSSR count). The van der Waals surface area contributed by atoms with Crippen molar-refractivity contribution in [2.45, 2.75) is 45.3 Å². The van der Waals surface area contributed by atoms with Crippen molar-refractivity contribution in [2.75, 3.05) is 13.1 Å². The van der Waals surface area contributed by atoms with E-state index in [0.717, 1.165) is 19.6 Å². The van der Waals surface area contributed by atoms with Crippen molar-refractivity contribution in [3.63, 3.8) is 0 Å². The van der Waals surface area contributed by atoms with Crippen molar-refractivity contribution >= 4 is 0 Å². The van der Waals surface area contributed by atoms with Crippen molar-refractivity contribution in [3.8, 4) is 0 Å². The second-order valence-electron chi connectivity index (χ2n) is 5.52. The van der Waals surface area contributed by atoms with Crippen molar-refractivity contribution in [1.29, 1.82) is 0 Å². The summed E-state index contributed by atoms with van der Waals surface area (Å²) in [6.07, 6.45) is 2.50. The van der Waals surface area contributed by atoms with Crippen LogP contribution in [0.2, 0.25) is 0 Å². The zero-order valence-electron chi connectivity index (χ0n) is 11.3. The van der Waals surface area contributed by atoms with Gasteiger partial charge in [-0.1, -0.05) is 26.0 Å². The largest absolute Gasteiger partial charge is 0.311 e. The number of rotatable bonds is 4. The van der Waals surface area contributed by atoms with E-state index in [9.17, 15) is 4.39 Å². The molecule has 0 saturated carbocycles. The highest BCUT2D eigenvalue weighted by Crippen LogP contribution is 2.14. The lowest BCUT2D eigenvalue weighted by Gasteiger charge is -2.34. The Kier molecular flexibility index (Phi) is 4.72. The molecule has 0 aliphatic carbocycles. The van der Waals surface area contributed by atoms with Crippen LogP contribution in [0.3, 0.4) is 0 Å². The highest BCUT2D eigenvalue weighted by atomic mass is 19.1. The molecule has 1 aromatic rings. The lowest BCUT2D eigenvalue weighted by molar-refractivity contribution is 0.178. The first-order valence-electron chi connectivity index (χ1n) is 6.86. The number of hydrogen-bond donors (Lipinski definition) is 1. The number of piperidine rings is 1. The summed E-state index contributed by atoms with van der Waals surface area (Å²) in [6.45, 7) is 7.55. The van der Waals surface area contributed by atoms with Gasteiger partial charge in [0.25, 0.3) is 0 Å². The van der Waals surface area contributed by atoms with Gasteiger partial charge in [-0.15, -0.1) is 0 Å². The highest BCUT2D eigenvalue weighted by molar-refractivity contribution is 5.16. The quantitative estimate of drug-likeness (QED) is 0.884. The predicted octanol–water partition coefficient (Wildman–Crippen LogP) is 2.79. The lowest BCUT2D eigenvalue weighted by Crippen LogP contribution is -2.47. The minimum Gasteiger partial charge on any atom is -0.311 e. The van der Waals surface area contributed by atoms with E-state index in [-0.39, 0.29) is 5.82 Å². The van der Waals surface area contributed by atoms with E-state index >= 15 is 0 Å². The number of likely N-dealkylation sites (tertiary alicyclic amines) is 1. The van der Waals surface area contributed by atoms with Gasteiger partial charge >= 0.3 is 0 Å². The Morgan fingerprint density at radius 3 is 2.72 bits per heavy atom. The minimum atomic E-state index is -0.156. The van der Waals surface area contributed by atoms with E-state index in [4.69, 9.17) is 0 Å². The van der Waals surface area contributed by atoms with E-state index in [1.165, 1.54) is 18.4 Å². The minimum absolute atomic E-state index is 0.156. The molecule has 1 aliphatic heterocycles. The van der Waals surface area contributed by atoms with Gasteiger partial charge in [0.15, 0.2) is 0 Å². The van der Waals surface area contributed by atoms with Crippen LogP contribution < -0.4 is 5.32 Å².